The van der Waals surface area contributed by atoms with Crippen molar-refractivity contribution in [1.29, 1.82) is 0 Å². The number of fused-ring (bicyclic) bond motifs is 1. The lowest BCUT2D eigenvalue weighted by Gasteiger charge is -2.19. The lowest BCUT2D eigenvalue weighted by atomic mass is 9.97. The summed E-state index contributed by atoms with van der Waals surface area (Å²) in [4.78, 5) is 4.75. The van der Waals surface area contributed by atoms with Crippen molar-refractivity contribution in [3.8, 4) is 0 Å². The number of nitrogens with zero attached hydrogens (tertiary/aromatic N) is 3. The van der Waals surface area contributed by atoms with Crippen LogP contribution in [0.1, 0.15) is 42.6 Å². The van der Waals surface area contributed by atoms with Crippen molar-refractivity contribution in [3.05, 3.63) is 23.0 Å². The first kappa shape index (κ1) is 16.2. The maximum Gasteiger partial charge on any atom is 0.157 e. The van der Waals surface area contributed by atoms with Crippen LogP contribution in [0, 0.1) is 6.92 Å². The normalized spacial score (nSPS) is 16.1. The Morgan fingerprint density at radius 1 is 1.39 bits per heavy atom. The molecule has 1 fully saturated rings. The van der Waals surface area contributed by atoms with E-state index in [-0.39, 0.29) is 0 Å². The van der Waals surface area contributed by atoms with E-state index in [1.54, 1.807) is 7.11 Å². The molecule has 0 amide bonds. The molecule has 0 saturated carbocycles. The number of anilines is 1. The Morgan fingerprint density at radius 2 is 2.17 bits per heavy atom. The third kappa shape index (κ3) is 3.33. The molecule has 6 nitrogen and oxygen atoms in total. The number of hydrogen-bond acceptors (Lipinski definition) is 5. The largest absolute Gasteiger partial charge is 0.383 e. The number of aryl methyl sites for hydroxylation is 1. The van der Waals surface area contributed by atoms with Gasteiger partial charge in [0.05, 0.1) is 12.3 Å². The van der Waals surface area contributed by atoms with Crippen LogP contribution < -0.4 is 5.32 Å². The quantitative estimate of drug-likeness (QED) is 0.830. The van der Waals surface area contributed by atoms with Gasteiger partial charge in [0.15, 0.2) is 5.65 Å². The van der Waals surface area contributed by atoms with Gasteiger partial charge in [-0.3, -0.25) is 0 Å². The average molecular weight is 318 g/mol. The highest BCUT2D eigenvalue weighted by Crippen LogP contribution is 2.28. The number of aromatic nitrogens is 3. The molecular formula is C17H26N4O2. The first-order valence-corrected chi connectivity index (χ1v) is 8.44. The Morgan fingerprint density at radius 3 is 2.87 bits per heavy atom. The van der Waals surface area contributed by atoms with E-state index in [9.17, 15) is 0 Å². The van der Waals surface area contributed by atoms with Gasteiger partial charge in [0, 0.05) is 50.1 Å². The zero-order valence-corrected chi connectivity index (χ0v) is 14.3. The maximum atomic E-state index is 5.46. The fourth-order valence-electron chi connectivity index (χ4n) is 3.24. The molecule has 1 saturated heterocycles. The third-order valence-corrected chi connectivity index (χ3v) is 4.52. The Hall–Kier alpha value is -1.66. The topological polar surface area (TPSA) is 60.7 Å². The van der Waals surface area contributed by atoms with Gasteiger partial charge >= 0.3 is 0 Å². The van der Waals surface area contributed by atoms with Crippen LogP contribution in [0.15, 0.2) is 6.07 Å². The van der Waals surface area contributed by atoms with Crippen LogP contribution in [-0.4, -0.2) is 48.1 Å². The molecular weight excluding hydrogens is 292 g/mol. The molecule has 1 N–H and O–H groups in total. The van der Waals surface area contributed by atoms with Crippen molar-refractivity contribution in [2.75, 3.05) is 38.8 Å². The summed E-state index contributed by atoms with van der Waals surface area (Å²) < 4.78 is 12.6. The van der Waals surface area contributed by atoms with Gasteiger partial charge in [-0.25, -0.2) is 4.98 Å². The highest BCUT2D eigenvalue weighted by Gasteiger charge is 2.21. The average Bonchev–Trinajstić information content (AvgIpc) is 2.99. The summed E-state index contributed by atoms with van der Waals surface area (Å²) in [6.07, 6.45) is 3.00. The van der Waals surface area contributed by atoms with E-state index < -0.39 is 0 Å². The summed E-state index contributed by atoms with van der Waals surface area (Å²) in [7, 11) is 1.72. The molecule has 0 bridgehead atoms. The van der Waals surface area contributed by atoms with Crippen molar-refractivity contribution in [3.63, 3.8) is 0 Å². The molecule has 2 aromatic rings. The second-order valence-electron chi connectivity index (χ2n) is 6.02. The zero-order chi connectivity index (χ0) is 16.2. The number of ether oxygens (including phenoxy) is 2. The Kier molecular flexibility index (Phi) is 5.13. The molecule has 3 rings (SSSR count). The van der Waals surface area contributed by atoms with Crippen LogP contribution in [0.5, 0.6) is 0 Å². The summed E-state index contributed by atoms with van der Waals surface area (Å²) in [6, 6.07) is 2.13. The van der Waals surface area contributed by atoms with Gasteiger partial charge in [0.1, 0.15) is 5.82 Å². The number of hydrogen-bond donors (Lipinski definition) is 1. The summed E-state index contributed by atoms with van der Waals surface area (Å²) in [5.41, 5.74) is 4.33. The number of nitrogens with one attached hydrogen (secondary N) is 1. The SMILES string of the molecule is CCc1c(C)nc2cc(C3CCOCC3)nn2c1NCCOC. The summed E-state index contributed by atoms with van der Waals surface area (Å²) in [6.45, 7) is 7.30. The molecule has 23 heavy (non-hydrogen) atoms. The van der Waals surface area contributed by atoms with Crippen LogP contribution in [0.3, 0.4) is 0 Å². The molecule has 3 heterocycles. The lowest BCUT2D eigenvalue weighted by Crippen LogP contribution is -2.16. The van der Waals surface area contributed by atoms with Crippen molar-refractivity contribution in [2.24, 2.45) is 0 Å². The standard InChI is InChI=1S/C17H26N4O2/c1-4-14-12(2)19-16-11-15(13-5-8-23-9-6-13)20-21(16)17(14)18-7-10-22-3/h11,13,18H,4-10H2,1-3H3. The van der Waals surface area contributed by atoms with E-state index in [1.807, 2.05) is 4.52 Å². The van der Waals surface area contributed by atoms with Gasteiger partial charge in [-0.1, -0.05) is 6.92 Å². The second kappa shape index (κ2) is 7.27. The van der Waals surface area contributed by atoms with Crippen LogP contribution in [-0.2, 0) is 15.9 Å². The van der Waals surface area contributed by atoms with Gasteiger partial charge in [0.25, 0.3) is 0 Å². The van der Waals surface area contributed by atoms with E-state index in [4.69, 9.17) is 19.6 Å². The smallest absolute Gasteiger partial charge is 0.157 e. The van der Waals surface area contributed by atoms with Gasteiger partial charge in [-0.05, 0) is 26.2 Å². The van der Waals surface area contributed by atoms with Crippen LogP contribution in [0.2, 0.25) is 0 Å². The molecule has 1 aliphatic heterocycles. The highest BCUT2D eigenvalue weighted by molar-refractivity contribution is 5.56. The molecule has 0 atom stereocenters. The van der Waals surface area contributed by atoms with E-state index >= 15 is 0 Å². The van der Waals surface area contributed by atoms with Gasteiger partial charge < -0.3 is 14.8 Å². The van der Waals surface area contributed by atoms with Crippen molar-refractivity contribution >= 4 is 11.5 Å². The summed E-state index contributed by atoms with van der Waals surface area (Å²) >= 11 is 0. The minimum absolute atomic E-state index is 0.475. The van der Waals surface area contributed by atoms with E-state index in [0.29, 0.717) is 12.5 Å². The van der Waals surface area contributed by atoms with Crippen LogP contribution in [0.25, 0.3) is 5.65 Å². The first-order chi connectivity index (χ1) is 11.2. The predicted octanol–water partition coefficient (Wildman–Crippen LogP) is 2.55. The first-order valence-electron chi connectivity index (χ1n) is 8.44. The monoisotopic (exact) mass is 318 g/mol. The lowest BCUT2D eigenvalue weighted by molar-refractivity contribution is 0.0844. The summed E-state index contributed by atoms with van der Waals surface area (Å²) in [5.74, 6) is 1.52. The Balaban J connectivity index is 1.99. The van der Waals surface area contributed by atoms with Gasteiger partial charge in [0.2, 0.25) is 0 Å². The molecule has 0 spiro atoms. The fourth-order valence-corrected chi connectivity index (χ4v) is 3.24. The molecule has 0 unspecified atom stereocenters. The molecule has 2 aromatic heterocycles. The fraction of sp³-hybridized carbons (Fsp3) is 0.647. The molecule has 0 aromatic carbocycles. The highest BCUT2D eigenvalue weighted by atomic mass is 16.5. The third-order valence-electron chi connectivity index (χ3n) is 4.52. The Labute approximate surface area is 137 Å². The minimum atomic E-state index is 0.475. The Bertz CT molecular complexity index is 662. The molecule has 0 radical (unpaired) electrons. The molecule has 6 heteroatoms. The predicted molar refractivity (Wildman–Crippen MR) is 90.3 cm³/mol. The van der Waals surface area contributed by atoms with Gasteiger partial charge in [-0.15, -0.1) is 0 Å². The van der Waals surface area contributed by atoms with Crippen molar-refractivity contribution in [2.45, 2.75) is 39.0 Å². The van der Waals surface area contributed by atoms with E-state index in [1.165, 1.54) is 5.56 Å². The number of rotatable bonds is 6. The maximum absolute atomic E-state index is 5.46. The molecule has 126 valence electrons. The molecule has 1 aliphatic rings. The van der Waals surface area contributed by atoms with Crippen LogP contribution in [0.4, 0.5) is 5.82 Å². The molecule has 0 aliphatic carbocycles. The van der Waals surface area contributed by atoms with E-state index in [2.05, 4.69) is 25.2 Å². The number of methoxy groups -OCH3 is 1. The second-order valence-corrected chi connectivity index (χ2v) is 6.02. The van der Waals surface area contributed by atoms with Crippen LogP contribution >= 0.6 is 0 Å². The minimum Gasteiger partial charge on any atom is -0.383 e. The summed E-state index contributed by atoms with van der Waals surface area (Å²) in [5, 5.41) is 8.34. The van der Waals surface area contributed by atoms with Crippen molar-refractivity contribution in [1.82, 2.24) is 14.6 Å². The van der Waals surface area contributed by atoms with Gasteiger partial charge in [-0.2, -0.15) is 9.61 Å². The van der Waals surface area contributed by atoms with E-state index in [0.717, 1.165) is 61.9 Å². The zero-order valence-electron chi connectivity index (χ0n) is 14.3. The van der Waals surface area contributed by atoms with Crippen molar-refractivity contribution < 1.29 is 9.47 Å².